The Morgan fingerprint density at radius 2 is 2.38 bits per heavy atom. The zero-order valence-corrected chi connectivity index (χ0v) is 9.38. The first-order valence-electron chi connectivity index (χ1n) is 5.04. The summed E-state index contributed by atoms with van der Waals surface area (Å²) in [6, 6.07) is 4.78. The lowest BCUT2D eigenvalue weighted by atomic mass is 10.2. The Labute approximate surface area is 94.5 Å². The Morgan fingerprint density at radius 1 is 1.62 bits per heavy atom. The first-order valence-corrected chi connectivity index (χ1v) is 5.04. The molecule has 88 valence electrons. The van der Waals surface area contributed by atoms with Gasteiger partial charge in [-0.05, 0) is 19.1 Å². The molecule has 0 radical (unpaired) electrons. The quantitative estimate of drug-likeness (QED) is 0.742. The van der Waals surface area contributed by atoms with Crippen LogP contribution in [0.25, 0.3) is 0 Å². The van der Waals surface area contributed by atoms with Crippen LogP contribution in [0.2, 0.25) is 0 Å². The number of aliphatic carboxylic acids is 1. The molecule has 0 saturated heterocycles. The third-order valence-corrected chi connectivity index (χ3v) is 2.34. The number of hydrogen-bond donors (Lipinski definition) is 2. The number of hydrogen-bond acceptors (Lipinski definition) is 4. The Morgan fingerprint density at radius 3 is 2.88 bits per heavy atom. The predicted octanol–water partition coefficient (Wildman–Crippen LogP) is 0.659. The SMILES string of the molecule is COC(C)C(NCc1ccccn1)C(=O)O. The van der Waals surface area contributed by atoms with Crippen molar-refractivity contribution in [2.45, 2.75) is 25.6 Å². The van der Waals surface area contributed by atoms with Gasteiger partial charge in [-0.15, -0.1) is 0 Å². The van der Waals surface area contributed by atoms with Crippen molar-refractivity contribution in [3.63, 3.8) is 0 Å². The van der Waals surface area contributed by atoms with Gasteiger partial charge in [-0.2, -0.15) is 0 Å². The van der Waals surface area contributed by atoms with Gasteiger partial charge in [0, 0.05) is 19.9 Å². The third-order valence-electron chi connectivity index (χ3n) is 2.34. The predicted molar refractivity (Wildman–Crippen MR) is 59.0 cm³/mol. The standard InChI is InChI=1S/C11H16N2O3/c1-8(16-2)10(11(14)15)13-7-9-5-3-4-6-12-9/h3-6,8,10,13H,7H2,1-2H3,(H,14,15). The second kappa shape index (κ2) is 6.19. The maximum atomic E-state index is 11.0. The van der Waals surface area contributed by atoms with Crippen LogP contribution in [-0.4, -0.2) is 35.3 Å². The number of ether oxygens (including phenoxy) is 1. The van der Waals surface area contributed by atoms with Crippen LogP contribution in [0.15, 0.2) is 24.4 Å². The number of carboxylic acid groups (broad SMARTS) is 1. The van der Waals surface area contributed by atoms with Crippen molar-refractivity contribution >= 4 is 5.97 Å². The van der Waals surface area contributed by atoms with Crippen LogP contribution < -0.4 is 5.32 Å². The normalized spacial score (nSPS) is 14.4. The van der Waals surface area contributed by atoms with Gasteiger partial charge in [0.2, 0.25) is 0 Å². The minimum atomic E-state index is -0.926. The summed E-state index contributed by atoms with van der Waals surface area (Å²) >= 11 is 0. The fourth-order valence-electron chi connectivity index (χ4n) is 1.31. The topological polar surface area (TPSA) is 71.5 Å². The summed E-state index contributed by atoms with van der Waals surface area (Å²) < 4.78 is 5.00. The molecule has 2 atom stereocenters. The van der Waals surface area contributed by atoms with Crippen molar-refractivity contribution in [2.75, 3.05) is 7.11 Å². The molecule has 2 N–H and O–H groups in total. The van der Waals surface area contributed by atoms with Crippen molar-refractivity contribution in [1.29, 1.82) is 0 Å². The second-order valence-electron chi connectivity index (χ2n) is 3.46. The lowest BCUT2D eigenvalue weighted by Gasteiger charge is -2.19. The fourth-order valence-corrected chi connectivity index (χ4v) is 1.31. The first kappa shape index (κ1) is 12.6. The highest BCUT2D eigenvalue weighted by molar-refractivity contribution is 5.74. The Hall–Kier alpha value is -1.46. The number of nitrogens with one attached hydrogen (secondary N) is 1. The zero-order valence-electron chi connectivity index (χ0n) is 9.38. The average molecular weight is 224 g/mol. The van der Waals surface area contributed by atoms with Crippen molar-refractivity contribution < 1.29 is 14.6 Å². The molecule has 0 saturated carbocycles. The Bertz CT molecular complexity index is 329. The highest BCUT2D eigenvalue weighted by Gasteiger charge is 2.23. The van der Waals surface area contributed by atoms with E-state index >= 15 is 0 Å². The number of pyridine rings is 1. The summed E-state index contributed by atoms with van der Waals surface area (Å²) in [6.45, 7) is 2.12. The number of methoxy groups -OCH3 is 1. The Kier molecular flexibility index (Phi) is 4.88. The van der Waals surface area contributed by atoms with Crippen LogP contribution in [0, 0.1) is 0 Å². The summed E-state index contributed by atoms with van der Waals surface area (Å²) in [6.07, 6.45) is 1.29. The molecule has 0 aliphatic rings. The van der Waals surface area contributed by atoms with E-state index in [9.17, 15) is 4.79 Å². The van der Waals surface area contributed by atoms with Gasteiger partial charge in [-0.25, -0.2) is 0 Å². The van der Waals surface area contributed by atoms with Gasteiger partial charge < -0.3 is 9.84 Å². The Balaban J connectivity index is 2.54. The number of nitrogens with zero attached hydrogens (tertiary/aromatic N) is 1. The molecule has 2 unspecified atom stereocenters. The van der Waals surface area contributed by atoms with Gasteiger partial charge in [0.1, 0.15) is 6.04 Å². The smallest absolute Gasteiger partial charge is 0.323 e. The van der Waals surface area contributed by atoms with E-state index in [0.29, 0.717) is 6.54 Å². The van der Waals surface area contributed by atoms with Crippen LogP contribution in [0.4, 0.5) is 0 Å². The van der Waals surface area contributed by atoms with Crippen LogP contribution in [0.5, 0.6) is 0 Å². The van der Waals surface area contributed by atoms with E-state index in [1.165, 1.54) is 7.11 Å². The zero-order chi connectivity index (χ0) is 12.0. The molecule has 0 fully saturated rings. The number of carbonyl (C=O) groups is 1. The average Bonchev–Trinajstić information content (AvgIpc) is 2.30. The van der Waals surface area contributed by atoms with Crippen molar-refractivity contribution in [3.8, 4) is 0 Å². The van der Waals surface area contributed by atoms with E-state index in [-0.39, 0.29) is 6.10 Å². The van der Waals surface area contributed by atoms with E-state index in [1.807, 2.05) is 18.2 Å². The van der Waals surface area contributed by atoms with Gasteiger partial charge in [-0.3, -0.25) is 15.1 Å². The summed E-state index contributed by atoms with van der Waals surface area (Å²) in [7, 11) is 1.49. The van der Waals surface area contributed by atoms with Crippen molar-refractivity contribution in [2.24, 2.45) is 0 Å². The molecule has 1 aromatic heterocycles. The summed E-state index contributed by atoms with van der Waals surface area (Å²) in [5, 5.41) is 11.9. The van der Waals surface area contributed by atoms with E-state index in [4.69, 9.17) is 9.84 Å². The lowest BCUT2D eigenvalue weighted by Crippen LogP contribution is -2.45. The van der Waals surface area contributed by atoms with Gasteiger partial charge in [0.15, 0.2) is 0 Å². The molecule has 1 heterocycles. The second-order valence-corrected chi connectivity index (χ2v) is 3.46. The molecular formula is C11H16N2O3. The maximum absolute atomic E-state index is 11.0. The van der Waals surface area contributed by atoms with Crippen molar-refractivity contribution in [1.82, 2.24) is 10.3 Å². The van der Waals surface area contributed by atoms with Crippen molar-refractivity contribution in [3.05, 3.63) is 30.1 Å². The van der Waals surface area contributed by atoms with Crippen LogP contribution in [0.1, 0.15) is 12.6 Å². The summed E-state index contributed by atoms with van der Waals surface area (Å²) in [5.41, 5.74) is 0.803. The van der Waals surface area contributed by atoms with E-state index in [1.54, 1.807) is 13.1 Å². The molecule has 0 aromatic carbocycles. The molecule has 5 heteroatoms. The van der Waals surface area contributed by atoms with E-state index < -0.39 is 12.0 Å². The summed E-state index contributed by atoms with van der Waals surface area (Å²) in [4.78, 5) is 15.1. The number of carboxylic acids is 1. The molecule has 0 bridgehead atoms. The molecule has 1 aromatic rings. The molecule has 1 rings (SSSR count). The molecule has 0 spiro atoms. The molecule has 16 heavy (non-hydrogen) atoms. The van der Waals surface area contributed by atoms with Crippen LogP contribution >= 0.6 is 0 Å². The van der Waals surface area contributed by atoms with Gasteiger partial charge >= 0.3 is 5.97 Å². The number of rotatable bonds is 6. The van der Waals surface area contributed by atoms with Crippen LogP contribution in [-0.2, 0) is 16.1 Å². The van der Waals surface area contributed by atoms with E-state index in [2.05, 4.69) is 10.3 Å². The molecule has 0 amide bonds. The highest BCUT2D eigenvalue weighted by Crippen LogP contribution is 2.00. The third kappa shape index (κ3) is 3.60. The van der Waals surface area contributed by atoms with Gasteiger partial charge in [0.25, 0.3) is 0 Å². The van der Waals surface area contributed by atoms with Gasteiger partial charge in [0.05, 0.1) is 11.8 Å². The molecule has 0 aliphatic heterocycles. The maximum Gasteiger partial charge on any atom is 0.323 e. The summed E-state index contributed by atoms with van der Waals surface area (Å²) in [5.74, 6) is -0.926. The monoisotopic (exact) mass is 224 g/mol. The highest BCUT2D eigenvalue weighted by atomic mass is 16.5. The minimum absolute atomic E-state index is 0.388. The fraction of sp³-hybridized carbons (Fsp3) is 0.455. The van der Waals surface area contributed by atoms with Gasteiger partial charge in [-0.1, -0.05) is 6.07 Å². The minimum Gasteiger partial charge on any atom is -0.480 e. The molecule has 5 nitrogen and oxygen atoms in total. The molecule has 0 aliphatic carbocycles. The van der Waals surface area contributed by atoms with E-state index in [0.717, 1.165) is 5.69 Å². The van der Waals surface area contributed by atoms with Crippen LogP contribution in [0.3, 0.4) is 0 Å². The number of aromatic nitrogens is 1. The molecular weight excluding hydrogens is 208 g/mol. The largest absolute Gasteiger partial charge is 0.480 e. The first-order chi connectivity index (χ1) is 7.65. The lowest BCUT2D eigenvalue weighted by molar-refractivity contribution is -0.142.